The van der Waals surface area contributed by atoms with E-state index in [-0.39, 0.29) is 25.0 Å². The fraction of sp³-hybridized carbons (Fsp3) is 0.917. The van der Waals surface area contributed by atoms with Crippen LogP contribution in [0, 0.1) is 29.6 Å². The minimum atomic E-state index is -0.480. The summed E-state index contributed by atoms with van der Waals surface area (Å²) in [5.41, 5.74) is 0. The van der Waals surface area contributed by atoms with Crippen molar-refractivity contribution in [1.29, 1.82) is 0 Å². The minimum Gasteiger partial charge on any atom is -0.394 e. The van der Waals surface area contributed by atoms with E-state index in [0.717, 1.165) is 11.8 Å². The number of fused-ring (bicyclic) bond motifs is 5. The van der Waals surface area contributed by atoms with Gasteiger partial charge in [0.05, 0.1) is 19.3 Å². The van der Waals surface area contributed by atoms with Crippen molar-refractivity contribution in [2.75, 3.05) is 13.2 Å². The van der Waals surface area contributed by atoms with Crippen molar-refractivity contribution >= 4 is 5.91 Å². The van der Waals surface area contributed by atoms with Gasteiger partial charge in [0.15, 0.2) is 0 Å². The Balaban J connectivity index is 1.58. The molecular formula is C12H19NO3. The van der Waals surface area contributed by atoms with Crippen molar-refractivity contribution in [3.63, 3.8) is 0 Å². The largest absolute Gasteiger partial charge is 0.394 e. The van der Waals surface area contributed by atoms with Gasteiger partial charge in [-0.25, -0.2) is 0 Å². The third-order valence-electron chi connectivity index (χ3n) is 4.83. The zero-order valence-electron chi connectivity index (χ0n) is 9.30. The quantitative estimate of drug-likeness (QED) is 0.618. The van der Waals surface area contributed by atoms with Crippen molar-refractivity contribution in [2.24, 2.45) is 29.6 Å². The Kier molecular flexibility index (Phi) is 2.44. The highest BCUT2D eigenvalue weighted by Crippen LogP contribution is 2.69. The lowest BCUT2D eigenvalue weighted by atomic mass is 10.0. The Morgan fingerprint density at radius 1 is 1.19 bits per heavy atom. The highest BCUT2D eigenvalue weighted by molar-refractivity contribution is 5.83. The molecule has 0 radical (unpaired) electrons. The lowest BCUT2D eigenvalue weighted by Gasteiger charge is -2.15. The van der Waals surface area contributed by atoms with Gasteiger partial charge < -0.3 is 15.5 Å². The van der Waals surface area contributed by atoms with Gasteiger partial charge in [0, 0.05) is 5.92 Å². The molecule has 0 aromatic heterocycles. The summed E-state index contributed by atoms with van der Waals surface area (Å²) in [4.78, 5) is 11.9. The Hall–Kier alpha value is -0.610. The van der Waals surface area contributed by atoms with Crippen LogP contribution in [0.3, 0.4) is 0 Å². The summed E-state index contributed by atoms with van der Waals surface area (Å²) in [7, 11) is 0. The predicted octanol–water partition coefficient (Wildman–Crippen LogP) is -0.252. The molecule has 0 heterocycles. The normalized spacial score (nSPS) is 43.6. The molecule has 4 heteroatoms. The highest BCUT2D eigenvalue weighted by Gasteiger charge is 2.67. The van der Waals surface area contributed by atoms with E-state index in [9.17, 15) is 4.79 Å². The average molecular weight is 225 g/mol. The van der Waals surface area contributed by atoms with Crippen molar-refractivity contribution < 1.29 is 15.0 Å². The lowest BCUT2D eigenvalue weighted by molar-refractivity contribution is -0.124. The Bertz CT molecular complexity index is 287. The molecule has 90 valence electrons. The van der Waals surface area contributed by atoms with Crippen LogP contribution >= 0.6 is 0 Å². The van der Waals surface area contributed by atoms with E-state index in [1.165, 1.54) is 19.3 Å². The molecule has 2 bridgehead atoms. The summed E-state index contributed by atoms with van der Waals surface area (Å²) in [6.07, 6.45) is 3.95. The van der Waals surface area contributed by atoms with E-state index in [0.29, 0.717) is 11.8 Å². The maximum Gasteiger partial charge on any atom is 0.224 e. The number of amides is 1. The van der Waals surface area contributed by atoms with E-state index in [4.69, 9.17) is 10.2 Å². The van der Waals surface area contributed by atoms with E-state index >= 15 is 0 Å². The van der Waals surface area contributed by atoms with Crippen LogP contribution in [-0.2, 0) is 4.79 Å². The molecule has 4 unspecified atom stereocenters. The lowest BCUT2D eigenvalue weighted by Crippen LogP contribution is -2.41. The molecule has 3 saturated carbocycles. The SMILES string of the molecule is O=C(NC(CO)CO)C1C2C3CCC(C3)C12. The topological polar surface area (TPSA) is 69.6 Å². The van der Waals surface area contributed by atoms with Gasteiger partial charge >= 0.3 is 0 Å². The first-order valence-electron chi connectivity index (χ1n) is 6.28. The second kappa shape index (κ2) is 3.70. The van der Waals surface area contributed by atoms with E-state index in [1.54, 1.807) is 0 Å². The number of hydrogen-bond donors (Lipinski definition) is 3. The summed E-state index contributed by atoms with van der Waals surface area (Å²) < 4.78 is 0. The van der Waals surface area contributed by atoms with Crippen molar-refractivity contribution in [2.45, 2.75) is 25.3 Å². The second-order valence-corrected chi connectivity index (χ2v) is 5.58. The Morgan fingerprint density at radius 3 is 2.25 bits per heavy atom. The van der Waals surface area contributed by atoms with E-state index in [1.807, 2.05) is 0 Å². The predicted molar refractivity (Wildman–Crippen MR) is 57.4 cm³/mol. The summed E-state index contributed by atoms with van der Waals surface area (Å²) in [5, 5.41) is 20.6. The van der Waals surface area contributed by atoms with Crippen molar-refractivity contribution in [3.8, 4) is 0 Å². The number of nitrogens with one attached hydrogen (secondary N) is 1. The first kappa shape index (κ1) is 10.5. The van der Waals surface area contributed by atoms with Crippen molar-refractivity contribution in [3.05, 3.63) is 0 Å². The number of aliphatic hydroxyl groups is 2. The van der Waals surface area contributed by atoms with Crippen LogP contribution in [0.1, 0.15) is 19.3 Å². The number of rotatable bonds is 4. The maximum atomic E-state index is 11.9. The number of carbonyl (C=O) groups excluding carboxylic acids is 1. The van der Waals surface area contributed by atoms with Gasteiger partial charge in [-0.1, -0.05) is 0 Å². The van der Waals surface area contributed by atoms with Gasteiger partial charge in [0.1, 0.15) is 0 Å². The van der Waals surface area contributed by atoms with Gasteiger partial charge in [-0.2, -0.15) is 0 Å². The molecule has 3 aliphatic rings. The van der Waals surface area contributed by atoms with E-state index < -0.39 is 6.04 Å². The van der Waals surface area contributed by atoms with Gasteiger partial charge in [-0.3, -0.25) is 4.79 Å². The van der Waals surface area contributed by atoms with Crippen LogP contribution in [0.15, 0.2) is 0 Å². The Labute approximate surface area is 95.0 Å². The summed E-state index contributed by atoms with van der Waals surface area (Å²) >= 11 is 0. The van der Waals surface area contributed by atoms with Crippen LogP contribution in [-0.4, -0.2) is 35.4 Å². The molecule has 0 aliphatic heterocycles. The Morgan fingerprint density at radius 2 is 1.75 bits per heavy atom. The molecule has 4 atom stereocenters. The minimum absolute atomic E-state index is 0.0553. The molecule has 1 amide bonds. The second-order valence-electron chi connectivity index (χ2n) is 5.58. The fourth-order valence-electron chi connectivity index (χ4n) is 4.12. The third-order valence-corrected chi connectivity index (χ3v) is 4.83. The van der Waals surface area contributed by atoms with Crippen LogP contribution in [0.4, 0.5) is 0 Å². The molecule has 4 nitrogen and oxygen atoms in total. The molecule has 16 heavy (non-hydrogen) atoms. The summed E-state index contributed by atoms with van der Waals surface area (Å²) in [5.74, 6) is 3.06. The van der Waals surface area contributed by atoms with Crippen LogP contribution < -0.4 is 5.32 Å². The monoisotopic (exact) mass is 225 g/mol. The molecule has 3 N–H and O–H groups in total. The van der Waals surface area contributed by atoms with Gasteiger partial charge in [-0.15, -0.1) is 0 Å². The molecule has 0 spiro atoms. The molecular weight excluding hydrogens is 206 g/mol. The fourth-order valence-corrected chi connectivity index (χ4v) is 4.12. The smallest absolute Gasteiger partial charge is 0.224 e. The summed E-state index contributed by atoms with van der Waals surface area (Å²) in [6, 6.07) is -0.480. The van der Waals surface area contributed by atoms with Crippen LogP contribution in [0.5, 0.6) is 0 Å². The molecule has 3 rings (SSSR count). The molecule has 0 aromatic carbocycles. The zero-order valence-corrected chi connectivity index (χ0v) is 9.30. The number of carbonyl (C=O) groups is 1. The molecule has 0 saturated heterocycles. The molecule has 3 fully saturated rings. The van der Waals surface area contributed by atoms with Gasteiger partial charge in [0.25, 0.3) is 0 Å². The average Bonchev–Trinajstić information content (AvgIpc) is 2.75. The van der Waals surface area contributed by atoms with Crippen molar-refractivity contribution in [1.82, 2.24) is 5.32 Å². The first-order valence-corrected chi connectivity index (χ1v) is 6.28. The standard InChI is InChI=1S/C12H19NO3/c14-4-8(5-15)13-12(16)11-9-6-1-2-7(3-6)10(9)11/h6-11,14-15H,1-5H2,(H,13,16). The first-order chi connectivity index (χ1) is 7.76. The third kappa shape index (κ3) is 1.39. The number of hydrogen-bond acceptors (Lipinski definition) is 3. The molecule has 3 aliphatic carbocycles. The van der Waals surface area contributed by atoms with Gasteiger partial charge in [-0.05, 0) is 42.9 Å². The van der Waals surface area contributed by atoms with Crippen LogP contribution in [0.25, 0.3) is 0 Å². The number of aliphatic hydroxyl groups excluding tert-OH is 2. The van der Waals surface area contributed by atoms with E-state index in [2.05, 4.69) is 5.32 Å². The van der Waals surface area contributed by atoms with Crippen LogP contribution in [0.2, 0.25) is 0 Å². The molecule has 0 aromatic rings. The maximum absolute atomic E-state index is 11.9. The zero-order chi connectivity index (χ0) is 11.3. The highest BCUT2D eigenvalue weighted by atomic mass is 16.3. The van der Waals surface area contributed by atoms with Gasteiger partial charge in [0.2, 0.25) is 5.91 Å². The summed E-state index contributed by atoms with van der Waals surface area (Å²) in [6.45, 7) is -0.367.